The number of ether oxygens (including phenoxy) is 3. The van der Waals surface area contributed by atoms with Crippen LogP contribution in [0.25, 0.3) is 0 Å². The van der Waals surface area contributed by atoms with E-state index in [0.29, 0.717) is 37.3 Å². The third-order valence-electron chi connectivity index (χ3n) is 10.3. The minimum Gasteiger partial charge on any atom is -0.508 e. The quantitative estimate of drug-likeness (QED) is 0.0595. The fourth-order valence-electron chi connectivity index (χ4n) is 8.24. The van der Waals surface area contributed by atoms with Crippen LogP contribution in [0.15, 0.2) is 78.0 Å². The minimum atomic E-state index is -1.38. The van der Waals surface area contributed by atoms with E-state index in [1.54, 1.807) is 29.2 Å². The number of rotatable bonds is 19. The van der Waals surface area contributed by atoms with Crippen LogP contribution in [-0.2, 0) is 20.9 Å². The fraction of sp³-hybridized carbons (Fsp3) is 0.550. The summed E-state index contributed by atoms with van der Waals surface area (Å²) in [7, 11) is 0. The maximum Gasteiger partial charge on any atom is 0.410 e. The lowest BCUT2D eigenvalue weighted by Gasteiger charge is -2.59. The number of hydrogen-bond acceptors (Lipinski definition) is 9. The zero-order chi connectivity index (χ0) is 36.2. The summed E-state index contributed by atoms with van der Waals surface area (Å²) < 4.78 is 19.6. The van der Waals surface area contributed by atoms with E-state index < -0.39 is 23.8 Å². The number of allylic oxidation sites excluding steroid dienone is 1. The average Bonchev–Trinajstić information content (AvgIpc) is 3.14. The van der Waals surface area contributed by atoms with Gasteiger partial charge in [0.1, 0.15) is 30.8 Å². The van der Waals surface area contributed by atoms with Gasteiger partial charge in [-0.25, -0.2) is 4.79 Å². The Morgan fingerprint density at radius 3 is 2.59 bits per heavy atom. The monoisotopic (exact) mass is 724 g/mol. The van der Waals surface area contributed by atoms with Gasteiger partial charge in [-0.3, -0.25) is 4.90 Å². The van der Waals surface area contributed by atoms with Crippen molar-refractivity contribution >= 4 is 23.4 Å². The van der Waals surface area contributed by atoms with Crippen LogP contribution in [0.5, 0.6) is 11.5 Å². The summed E-state index contributed by atoms with van der Waals surface area (Å²) in [6, 6.07) is 14.3. The van der Waals surface area contributed by atoms with E-state index in [9.17, 15) is 20.1 Å². The molecule has 0 aromatic heterocycles. The molecule has 0 spiro atoms. The van der Waals surface area contributed by atoms with Crippen molar-refractivity contribution in [2.45, 2.75) is 82.6 Å². The summed E-state index contributed by atoms with van der Waals surface area (Å²) in [4.78, 5) is 21.7. The lowest BCUT2D eigenvalue weighted by atomic mass is 9.55. The number of alkyl halides is 1. The molecule has 1 amide bonds. The summed E-state index contributed by atoms with van der Waals surface area (Å²) in [5.41, 5.74) is 3.46. The van der Waals surface area contributed by atoms with Crippen LogP contribution in [0.2, 0.25) is 0 Å². The summed E-state index contributed by atoms with van der Waals surface area (Å²) in [6.45, 7) is 7.01. The Kier molecular flexibility index (Phi) is 14.2. The number of benzene rings is 2. The Morgan fingerprint density at radius 2 is 1.88 bits per heavy atom. The zero-order valence-corrected chi connectivity index (χ0v) is 30.4. The molecule has 5 rings (SSSR count). The number of oxime groups is 1. The van der Waals surface area contributed by atoms with Crippen molar-refractivity contribution in [1.82, 2.24) is 4.90 Å². The first kappa shape index (κ1) is 38.7. The number of fused-ring (bicyclic) bond motifs is 2. The first-order valence-electron chi connectivity index (χ1n) is 18.3. The van der Waals surface area contributed by atoms with E-state index in [4.69, 9.17) is 35.8 Å². The fourth-order valence-corrected chi connectivity index (χ4v) is 8.32. The average molecular weight is 725 g/mol. The number of amides is 1. The van der Waals surface area contributed by atoms with Crippen molar-refractivity contribution in [2.75, 3.05) is 38.9 Å². The number of carbonyl (C=O) groups is 1. The Hall–Kier alpha value is -3.57. The minimum absolute atomic E-state index is 0.0532. The second-order valence-electron chi connectivity index (χ2n) is 13.6. The largest absolute Gasteiger partial charge is 0.508 e. The van der Waals surface area contributed by atoms with Gasteiger partial charge in [0.05, 0.1) is 24.1 Å². The van der Waals surface area contributed by atoms with Gasteiger partial charge in [-0.15, -0.1) is 18.2 Å². The third kappa shape index (κ3) is 8.74. The highest BCUT2D eigenvalue weighted by molar-refractivity contribution is 6.18. The summed E-state index contributed by atoms with van der Waals surface area (Å²) >= 11 is 5.96. The standard InChI is InChI=1S/C40H53ClN2O8/c1-3-19-43(39(47)48-23-18-41)36-26-34(42-50-27-28-12-6-5-7-13-28)32-24-29(14-8-10-20-44)31(15-9-11-21-45)37-33-25-30(46)16-17-35(33)51-40(36,38(32)37)49-22-4-2/h4-7,12-13,16-17,24-25,29,31,36-38,44-46H,2-3,8-11,14-15,18-23,26-27H2,1H3. The van der Waals surface area contributed by atoms with E-state index >= 15 is 0 Å². The molecule has 3 aliphatic rings. The van der Waals surface area contributed by atoms with E-state index in [1.165, 1.54) is 0 Å². The van der Waals surface area contributed by atoms with Gasteiger partial charge in [-0.1, -0.05) is 67.4 Å². The Labute approximate surface area is 306 Å². The molecule has 1 fully saturated rings. The number of aliphatic hydroxyl groups excluding tert-OH is 2. The molecule has 1 saturated carbocycles. The van der Waals surface area contributed by atoms with E-state index in [-0.39, 0.29) is 68.8 Å². The van der Waals surface area contributed by atoms with E-state index in [2.05, 4.69) is 12.7 Å². The Bertz CT molecular complexity index is 1500. The number of aliphatic hydroxyl groups is 2. The first-order chi connectivity index (χ1) is 24.9. The zero-order valence-electron chi connectivity index (χ0n) is 29.6. The van der Waals surface area contributed by atoms with Crippen molar-refractivity contribution in [3.63, 3.8) is 0 Å². The number of nitrogens with zero attached hydrogens (tertiary/aromatic N) is 2. The van der Waals surface area contributed by atoms with Gasteiger partial charge in [0.2, 0.25) is 5.79 Å². The van der Waals surface area contributed by atoms with E-state index in [1.807, 2.05) is 37.3 Å². The number of phenolic OH excluding ortho intramolecular Hbond substituents is 1. The normalized spacial score (nSPS) is 25.6. The predicted molar refractivity (Wildman–Crippen MR) is 197 cm³/mol. The smallest absolute Gasteiger partial charge is 0.410 e. The maximum absolute atomic E-state index is 13.9. The van der Waals surface area contributed by atoms with Gasteiger partial charge in [0, 0.05) is 37.7 Å². The van der Waals surface area contributed by atoms with Gasteiger partial charge in [0.15, 0.2) is 0 Å². The summed E-state index contributed by atoms with van der Waals surface area (Å²) in [5.74, 6) is -1.03. The van der Waals surface area contributed by atoms with E-state index in [0.717, 1.165) is 42.4 Å². The third-order valence-corrected chi connectivity index (χ3v) is 10.4. The number of phenols is 1. The predicted octanol–water partition coefficient (Wildman–Crippen LogP) is 7.31. The van der Waals surface area contributed by atoms with Gasteiger partial charge in [-0.05, 0) is 73.3 Å². The van der Waals surface area contributed by atoms with Crippen LogP contribution in [-0.4, -0.2) is 82.7 Å². The molecule has 2 aromatic rings. The molecule has 0 bridgehead atoms. The molecular weight excluding hydrogens is 672 g/mol. The highest BCUT2D eigenvalue weighted by Crippen LogP contribution is 2.61. The van der Waals surface area contributed by atoms with Gasteiger partial charge < -0.3 is 34.4 Å². The van der Waals surface area contributed by atoms with Crippen molar-refractivity contribution in [3.05, 3.63) is 84.0 Å². The van der Waals surface area contributed by atoms with Crippen LogP contribution in [0, 0.1) is 17.8 Å². The molecular formula is C40H53ClN2O8. The molecule has 278 valence electrons. The molecule has 0 radical (unpaired) electrons. The molecule has 6 atom stereocenters. The van der Waals surface area contributed by atoms with Crippen LogP contribution in [0.4, 0.5) is 4.79 Å². The second-order valence-corrected chi connectivity index (χ2v) is 13.9. The van der Waals surface area contributed by atoms with Crippen LogP contribution in [0.1, 0.15) is 75.3 Å². The molecule has 2 aliphatic carbocycles. The van der Waals surface area contributed by atoms with Crippen LogP contribution < -0.4 is 4.74 Å². The van der Waals surface area contributed by atoms with Gasteiger partial charge in [0.25, 0.3) is 0 Å². The molecule has 3 N–H and O–H groups in total. The molecule has 1 heterocycles. The van der Waals surface area contributed by atoms with Crippen molar-refractivity contribution in [2.24, 2.45) is 22.9 Å². The summed E-state index contributed by atoms with van der Waals surface area (Å²) in [5, 5.41) is 35.2. The van der Waals surface area contributed by atoms with Gasteiger partial charge >= 0.3 is 6.09 Å². The topological polar surface area (TPSA) is 130 Å². The molecule has 2 aromatic carbocycles. The molecule has 11 heteroatoms. The number of carbonyl (C=O) groups excluding carboxylic acids is 1. The lowest BCUT2D eigenvalue weighted by molar-refractivity contribution is -0.255. The van der Waals surface area contributed by atoms with Crippen LogP contribution >= 0.6 is 11.6 Å². The number of hydrogen-bond donors (Lipinski definition) is 3. The number of unbranched alkanes of at least 4 members (excludes halogenated alkanes) is 2. The highest BCUT2D eigenvalue weighted by Gasteiger charge is 2.65. The maximum atomic E-state index is 13.9. The molecule has 0 saturated heterocycles. The second kappa shape index (κ2) is 18.8. The van der Waals surface area contributed by atoms with Crippen molar-refractivity contribution in [1.29, 1.82) is 0 Å². The first-order valence-corrected chi connectivity index (χ1v) is 18.9. The lowest BCUT2D eigenvalue weighted by Crippen LogP contribution is -2.70. The van der Waals surface area contributed by atoms with Crippen molar-refractivity contribution in [3.8, 4) is 11.5 Å². The van der Waals surface area contributed by atoms with Crippen molar-refractivity contribution < 1.29 is 39.2 Å². The van der Waals surface area contributed by atoms with Crippen LogP contribution in [0.3, 0.4) is 0 Å². The Morgan fingerprint density at radius 1 is 1.12 bits per heavy atom. The van der Waals surface area contributed by atoms with Gasteiger partial charge in [-0.2, -0.15) is 0 Å². The molecule has 6 unspecified atom stereocenters. The number of halogens is 1. The molecule has 51 heavy (non-hydrogen) atoms. The Balaban J connectivity index is 1.74. The number of aromatic hydroxyl groups is 1. The SMILES string of the molecule is C=CCOC12Oc3ccc(O)cc3C3C(CCCCO)C(CCCCO)C=C(C(=NOCc4ccccc4)CC1N(CCC)C(=O)OCCCl)C32. The molecule has 10 nitrogen and oxygen atoms in total. The highest BCUT2D eigenvalue weighted by atomic mass is 35.5. The summed E-state index contributed by atoms with van der Waals surface area (Å²) in [6.07, 6.45) is 8.99. The molecule has 1 aliphatic heterocycles.